The van der Waals surface area contributed by atoms with Crippen LogP contribution >= 0.6 is 0 Å². The molecule has 5 N–H and O–H groups in total. The third-order valence-electron chi connectivity index (χ3n) is 3.38. The van der Waals surface area contributed by atoms with Crippen molar-refractivity contribution < 1.29 is 14.5 Å². The van der Waals surface area contributed by atoms with Crippen LogP contribution in [0, 0.1) is 0 Å². The third kappa shape index (κ3) is 3.83. The van der Waals surface area contributed by atoms with Gasteiger partial charge in [0.1, 0.15) is 13.2 Å². The fraction of sp³-hybridized carbons (Fsp3) is 0.312. The molecule has 1 aromatic heterocycles. The van der Waals surface area contributed by atoms with Gasteiger partial charge in [0.25, 0.3) is 11.5 Å². The van der Waals surface area contributed by atoms with E-state index >= 15 is 0 Å². The Morgan fingerprint density at radius 1 is 1.33 bits per heavy atom. The second kappa shape index (κ2) is 7.03. The minimum absolute atomic E-state index is 0.219. The lowest BCUT2D eigenvalue weighted by molar-refractivity contribution is -0.365. The number of aromatic nitrogens is 2. The Labute approximate surface area is 138 Å². The molecule has 0 fully saturated rings. The number of H-pyrrole nitrogens is 1. The zero-order valence-corrected chi connectivity index (χ0v) is 13.4. The van der Waals surface area contributed by atoms with Gasteiger partial charge in [-0.2, -0.15) is 0 Å². The maximum atomic E-state index is 11.6. The topological polar surface area (TPSA) is 116 Å². The standard InChI is InChI=1S/C16H19N5O3/c1-2-3-10-9-14(22)20-16(19-10)21-15(17)18-11-4-5-12-13(8-11)24-7-6-23-12/h4-5,8-9H,2-3,6-7H2,1H3,(H4,17,18,19,20,21,22)/p+1. The summed E-state index contributed by atoms with van der Waals surface area (Å²) in [5.74, 6) is 1.91. The van der Waals surface area contributed by atoms with Crippen molar-refractivity contribution in [3.8, 4) is 11.5 Å². The van der Waals surface area contributed by atoms with Crippen LogP contribution in [0.4, 0.5) is 11.6 Å². The molecule has 126 valence electrons. The van der Waals surface area contributed by atoms with E-state index in [0.29, 0.717) is 30.7 Å². The fourth-order valence-corrected chi connectivity index (χ4v) is 2.39. The number of nitrogens with zero attached hydrogens (tertiary/aromatic N) is 1. The van der Waals surface area contributed by atoms with Crippen molar-refractivity contribution in [1.29, 1.82) is 0 Å². The highest BCUT2D eigenvalue weighted by atomic mass is 16.6. The molecule has 0 amide bonds. The summed E-state index contributed by atoms with van der Waals surface area (Å²) < 4.78 is 11.0. The van der Waals surface area contributed by atoms with E-state index in [0.717, 1.165) is 24.2 Å². The molecule has 2 heterocycles. The average molecular weight is 330 g/mol. The number of hydrogen-bond donors (Lipinski definition) is 4. The van der Waals surface area contributed by atoms with Gasteiger partial charge in [-0.25, -0.2) is 9.98 Å². The van der Waals surface area contributed by atoms with Crippen LogP contribution in [0.3, 0.4) is 0 Å². The highest BCUT2D eigenvalue weighted by molar-refractivity contribution is 5.88. The fourth-order valence-electron chi connectivity index (χ4n) is 2.39. The maximum Gasteiger partial charge on any atom is 0.325 e. The van der Waals surface area contributed by atoms with Crippen LogP contribution < -0.4 is 31.1 Å². The van der Waals surface area contributed by atoms with E-state index in [-0.39, 0.29) is 11.5 Å². The first-order chi connectivity index (χ1) is 11.6. The van der Waals surface area contributed by atoms with E-state index < -0.39 is 0 Å². The molecule has 0 aliphatic carbocycles. The maximum absolute atomic E-state index is 11.6. The molecular formula is C16H20N5O3+. The molecular weight excluding hydrogens is 310 g/mol. The molecule has 1 aliphatic heterocycles. The number of fused-ring (bicyclic) bond motifs is 1. The molecule has 0 saturated heterocycles. The van der Waals surface area contributed by atoms with Crippen LogP contribution in [0.1, 0.15) is 19.0 Å². The Bertz CT molecular complexity index is 816. The van der Waals surface area contributed by atoms with Crippen molar-refractivity contribution in [2.75, 3.05) is 18.5 Å². The van der Waals surface area contributed by atoms with Gasteiger partial charge in [-0.3, -0.25) is 10.1 Å². The van der Waals surface area contributed by atoms with Crippen LogP contribution in [0.2, 0.25) is 0 Å². The van der Waals surface area contributed by atoms with Crippen molar-refractivity contribution in [1.82, 2.24) is 9.97 Å². The Balaban J connectivity index is 1.78. The third-order valence-corrected chi connectivity index (χ3v) is 3.38. The van der Waals surface area contributed by atoms with Gasteiger partial charge in [0.05, 0.1) is 11.4 Å². The minimum Gasteiger partial charge on any atom is -0.486 e. The molecule has 1 aromatic carbocycles. The Morgan fingerprint density at radius 2 is 2.12 bits per heavy atom. The second-order valence-corrected chi connectivity index (χ2v) is 5.36. The van der Waals surface area contributed by atoms with Crippen LogP contribution in [-0.2, 0) is 6.42 Å². The summed E-state index contributed by atoms with van der Waals surface area (Å²) >= 11 is 0. The first kappa shape index (κ1) is 15.9. The highest BCUT2D eigenvalue weighted by Gasteiger charge is 2.13. The van der Waals surface area contributed by atoms with Crippen molar-refractivity contribution in [3.63, 3.8) is 0 Å². The molecule has 3 rings (SSSR count). The number of nitrogens with two attached hydrogens (primary N) is 1. The molecule has 24 heavy (non-hydrogen) atoms. The molecule has 8 heteroatoms. The lowest BCUT2D eigenvalue weighted by Gasteiger charge is -2.18. The predicted octanol–water partition coefficient (Wildman–Crippen LogP) is -0.367. The molecule has 0 bridgehead atoms. The Morgan fingerprint density at radius 3 is 2.92 bits per heavy atom. The first-order valence-corrected chi connectivity index (χ1v) is 7.80. The number of aryl methyl sites for hydroxylation is 1. The van der Waals surface area contributed by atoms with Gasteiger partial charge >= 0.3 is 5.95 Å². The number of guanidine groups is 1. The zero-order valence-electron chi connectivity index (χ0n) is 13.4. The van der Waals surface area contributed by atoms with Crippen molar-refractivity contribution >= 4 is 17.6 Å². The van der Waals surface area contributed by atoms with Crippen LogP contribution in [0.5, 0.6) is 11.5 Å². The largest absolute Gasteiger partial charge is 0.486 e. The summed E-state index contributed by atoms with van der Waals surface area (Å²) in [6.45, 7) is 3.09. The molecule has 2 aromatic rings. The summed E-state index contributed by atoms with van der Waals surface area (Å²) in [5, 5.41) is 3.00. The SMILES string of the molecule is CCCc1cc(=O)[nH]c([NH+]=C(N)Nc2ccc3c(c2)OCCO3)n1. The lowest BCUT2D eigenvalue weighted by atomic mass is 10.2. The van der Waals surface area contributed by atoms with Gasteiger partial charge in [-0.15, -0.1) is 4.98 Å². The van der Waals surface area contributed by atoms with Gasteiger partial charge in [-0.05, 0) is 25.0 Å². The van der Waals surface area contributed by atoms with Gasteiger partial charge in [-0.1, -0.05) is 6.92 Å². The van der Waals surface area contributed by atoms with Crippen LogP contribution in [0.15, 0.2) is 29.1 Å². The van der Waals surface area contributed by atoms with E-state index in [1.807, 2.05) is 19.1 Å². The van der Waals surface area contributed by atoms with Crippen LogP contribution in [0.25, 0.3) is 0 Å². The van der Waals surface area contributed by atoms with E-state index in [9.17, 15) is 4.79 Å². The molecule has 0 unspecified atom stereocenters. The van der Waals surface area contributed by atoms with Gasteiger partial charge in [0.15, 0.2) is 11.5 Å². The molecule has 8 nitrogen and oxygen atoms in total. The predicted molar refractivity (Wildman–Crippen MR) is 89.7 cm³/mol. The Kier molecular flexibility index (Phi) is 4.64. The number of benzene rings is 1. The summed E-state index contributed by atoms with van der Waals surface area (Å²) in [6, 6.07) is 6.92. The summed E-state index contributed by atoms with van der Waals surface area (Å²) in [5.41, 5.74) is 7.18. The zero-order chi connectivity index (χ0) is 16.9. The number of ether oxygens (including phenoxy) is 2. The summed E-state index contributed by atoms with van der Waals surface area (Å²) in [6.07, 6.45) is 1.64. The number of aromatic amines is 1. The smallest absolute Gasteiger partial charge is 0.325 e. The first-order valence-electron chi connectivity index (χ1n) is 7.80. The van der Waals surface area contributed by atoms with Gasteiger partial charge in [0, 0.05) is 12.1 Å². The second-order valence-electron chi connectivity index (χ2n) is 5.36. The molecule has 0 atom stereocenters. The summed E-state index contributed by atoms with van der Waals surface area (Å²) in [4.78, 5) is 21.4. The van der Waals surface area contributed by atoms with Crippen molar-refractivity contribution in [2.45, 2.75) is 19.8 Å². The van der Waals surface area contributed by atoms with Crippen molar-refractivity contribution in [3.05, 3.63) is 40.3 Å². The van der Waals surface area contributed by atoms with E-state index in [1.54, 1.807) is 6.07 Å². The van der Waals surface area contributed by atoms with Gasteiger partial charge < -0.3 is 15.2 Å². The van der Waals surface area contributed by atoms with Crippen LogP contribution in [-0.4, -0.2) is 29.1 Å². The normalized spacial score (nSPS) is 13.6. The lowest BCUT2D eigenvalue weighted by Crippen LogP contribution is -2.73. The quantitative estimate of drug-likeness (QED) is 0.449. The minimum atomic E-state index is -0.219. The van der Waals surface area contributed by atoms with E-state index in [1.165, 1.54) is 6.07 Å². The monoisotopic (exact) mass is 330 g/mol. The van der Waals surface area contributed by atoms with E-state index in [4.69, 9.17) is 15.2 Å². The highest BCUT2D eigenvalue weighted by Crippen LogP contribution is 2.32. The summed E-state index contributed by atoms with van der Waals surface area (Å²) in [7, 11) is 0. The Hall–Kier alpha value is -3.03. The number of nitrogens with one attached hydrogen (secondary N) is 3. The average Bonchev–Trinajstić information content (AvgIpc) is 2.54. The number of anilines is 1. The number of hydrogen-bond acceptors (Lipinski definition) is 4. The molecule has 0 saturated carbocycles. The molecule has 0 radical (unpaired) electrons. The molecule has 0 spiro atoms. The van der Waals surface area contributed by atoms with E-state index in [2.05, 4.69) is 20.3 Å². The van der Waals surface area contributed by atoms with Gasteiger partial charge in [0.2, 0.25) is 0 Å². The molecule has 1 aliphatic rings. The van der Waals surface area contributed by atoms with Crippen molar-refractivity contribution in [2.24, 2.45) is 5.73 Å². The number of rotatable bonds is 4.